The fourth-order valence-electron chi connectivity index (χ4n) is 3.89. The average molecular weight is 371 g/mol. The molecule has 28 heavy (non-hydrogen) atoms. The highest BCUT2D eigenvalue weighted by Gasteiger charge is 2.23. The van der Waals surface area contributed by atoms with E-state index in [1.54, 1.807) is 0 Å². The molecule has 142 valence electrons. The van der Waals surface area contributed by atoms with Crippen LogP contribution in [0.4, 0.5) is 0 Å². The molecule has 4 rings (SSSR count). The first kappa shape index (κ1) is 18.4. The molecule has 0 saturated carbocycles. The number of aromatic nitrogens is 4. The van der Waals surface area contributed by atoms with E-state index in [1.807, 2.05) is 0 Å². The molecule has 0 unspecified atom stereocenters. The summed E-state index contributed by atoms with van der Waals surface area (Å²) < 4.78 is 0. The van der Waals surface area contributed by atoms with Crippen LogP contribution in [0.25, 0.3) is 17.2 Å². The van der Waals surface area contributed by atoms with Crippen LogP contribution in [0.5, 0.6) is 0 Å². The number of nitrogens with zero attached hydrogens (tertiary/aromatic N) is 3. The molecule has 1 heterocycles. The van der Waals surface area contributed by atoms with E-state index in [1.165, 1.54) is 44.5 Å². The minimum Gasteiger partial charge on any atom is -0.243 e. The molecular weight excluding hydrogens is 344 g/mol. The maximum absolute atomic E-state index is 4.03. The SMILES string of the molecule is CC1=C(CCc2nnn[nH]2)c2cc(C)ccc2/C1=C\c1ccc(C(C)C)cc1. The summed E-state index contributed by atoms with van der Waals surface area (Å²) >= 11 is 0. The topological polar surface area (TPSA) is 54.5 Å². The number of rotatable bonds is 5. The second-order valence-electron chi connectivity index (χ2n) is 7.88. The van der Waals surface area contributed by atoms with Gasteiger partial charge in [0.1, 0.15) is 5.82 Å². The van der Waals surface area contributed by atoms with E-state index < -0.39 is 0 Å². The Hall–Kier alpha value is -3.01. The molecule has 3 aromatic rings. The summed E-state index contributed by atoms with van der Waals surface area (Å²) in [5.74, 6) is 1.38. The molecule has 4 nitrogen and oxygen atoms in total. The fraction of sp³-hybridized carbons (Fsp3) is 0.292. The lowest BCUT2D eigenvalue weighted by atomic mass is 9.97. The van der Waals surface area contributed by atoms with Gasteiger partial charge in [0, 0.05) is 6.42 Å². The largest absolute Gasteiger partial charge is 0.243 e. The van der Waals surface area contributed by atoms with Crippen molar-refractivity contribution in [1.29, 1.82) is 0 Å². The van der Waals surface area contributed by atoms with E-state index in [9.17, 15) is 0 Å². The van der Waals surface area contributed by atoms with Crippen LogP contribution in [0, 0.1) is 6.92 Å². The zero-order valence-corrected chi connectivity index (χ0v) is 17.0. The van der Waals surface area contributed by atoms with Crippen molar-refractivity contribution in [2.75, 3.05) is 0 Å². The Bertz CT molecular complexity index is 1040. The highest BCUT2D eigenvalue weighted by Crippen LogP contribution is 2.44. The number of benzene rings is 2. The van der Waals surface area contributed by atoms with Crippen LogP contribution >= 0.6 is 0 Å². The number of aryl methyl sites for hydroxylation is 2. The van der Waals surface area contributed by atoms with Gasteiger partial charge in [-0.3, -0.25) is 0 Å². The first-order chi connectivity index (χ1) is 13.5. The summed E-state index contributed by atoms with van der Waals surface area (Å²) in [6, 6.07) is 15.7. The monoisotopic (exact) mass is 370 g/mol. The number of aromatic amines is 1. The van der Waals surface area contributed by atoms with Crippen molar-refractivity contribution < 1.29 is 0 Å². The fourth-order valence-corrected chi connectivity index (χ4v) is 3.89. The normalized spacial score (nSPS) is 15.0. The number of allylic oxidation sites excluding steroid dienone is 3. The second kappa shape index (κ2) is 7.55. The van der Waals surface area contributed by atoms with Crippen molar-refractivity contribution in [3.8, 4) is 0 Å². The van der Waals surface area contributed by atoms with Gasteiger partial charge in [-0.25, -0.2) is 5.10 Å². The highest BCUT2D eigenvalue weighted by atomic mass is 15.5. The van der Waals surface area contributed by atoms with Gasteiger partial charge in [0.2, 0.25) is 0 Å². The maximum Gasteiger partial charge on any atom is 0.148 e. The summed E-state index contributed by atoms with van der Waals surface area (Å²) in [4.78, 5) is 0. The van der Waals surface area contributed by atoms with E-state index in [4.69, 9.17) is 0 Å². The summed E-state index contributed by atoms with van der Waals surface area (Å²) in [6.45, 7) is 8.84. The van der Waals surface area contributed by atoms with Crippen molar-refractivity contribution >= 4 is 17.2 Å². The molecule has 0 spiro atoms. The third-order valence-electron chi connectivity index (χ3n) is 5.56. The quantitative estimate of drug-likeness (QED) is 0.637. The van der Waals surface area contributed by atoms with Crippen LogP contribution in [0.3, 0.4) is 0 Å². The summed E-state index contributed by atoms with van der Waals surface area (Å²) in [7, 11) is 0. The Morgan fingerprint density at radius 2 is 1.75 bits per heavy atom. The molecule has 1 aliphatic carbocycles. The molecule has 2 aromatic carbocycles. The molecule has 0 atom stereocenters. The predicted octanol–water partition coefficient (Wildman–Crippen LogP) is 5.59. The molecule has 0 amide bonds. The Morgan fingerprint density at radius 3 is 2.43 bits per heavy atom. The molecule has 1 N–H and O–H groups in total. The third kappa shape index (κ3) is 3.55. The number of hydrogen-bond donors (Lipinski definition) is 1. The van der Waals surface area contributed by atoms with Crippen LogP contribution in [0.15, 0.2) is 48.0 Å². The first-order valence-electron chi connectivity index (χ1n) is 9.88. The maximum atomic E-state index is 4.03. The van der Waals surface area contributed by atoms with Crippen molar-refractivity contribution in [2.45, 2.75) is 46.5 Å². The van der Waals surface area contributed by atoms with Crippen molar-refractivity contribution in [1.82, 2.24) is 20.6 Å². The van der Waals surface area contributed by atoms with Gasteiger partial charge >= 0.3 is 0 Å². The van der Waals surface area contributed by atoms with Gasteiger partial charge in [0.15, 0.2) is 0 Å². The lowest BCUT2D eigenvalue weighted by molar-refractivity contribution is 0.866. The molecule has 0 fully saturated rings. The summed E-state index contributed by atoms with van der Waals surface area (Å²) in [6.07, 6.45) is 4.04. The van der Waals surface area contributed by atoms with Gasteiger partial charge in [0.05, 0.1) is 0 Å². The molecule has 1 aromatic heterocycles. The number of fused-ring (bicyclic) bond motifs is 1. The number of hydrogen-bond acceptors (Lipinski definition) is 3. The standard InChI is InChI=1S/C24H26N4/c1-15(2)19-8-6-18(7-9-19)14-22-17(4)20(11-12-24-25-27-28-26-24)23-13-16(3)5-10-21(22)23/h5-10,13-15H,11-12H2,1-4H3,(H,25,26,27,28)/b22-14-. The Balaban J connectivity index is 1.71. The van der Waals surface area contributed by atoms with Crippen LogP contribution in [-0.2, 0) is 6.42 Å². The van der Waals surface area contributed by atoms with Crippen LogP contribution in [-0.4, -0.2) is 20.6 Å². The zero-order valence-electron chi connectivity index (χ0n) is 17.0. The van der Waals surface area contributed by atoms with Gasteiger partial charge in [0.25, 0.3) is 0 Å². The summed E-state index contributed by atoms with van der Waals surface area (Å²) in [5.41, 5.74) is 10.6. The van der Waals surface area contributed by atoms with Gasteiger partial charge in [-0.05, 0) is 81.7 Å². The van der Waals surface area contributed by atoms with Gasteiger partial charge < -0.3 is 0 Å². The highest BCUT2D eigenvalue weighted by molar-refractivity contribution is 6.05. The van der Waals surface area contributed by atoms with Crippen molar-refractivity contribution in [3.63, 3.8) is 0 Å². The van der Waals surface area contributed by atoms with Crippen LogP contribution in [0.2, 0.25) is 0 Å². The third-order valence-corrected chi connectivity index (χ3v) is 5.56. The van der Waals surface area contributed by atoms with Crippen molar-refractivity contribution in [2.24, 2.45) is 0 Å². The smallest absolute Gasteiger partial charge is 0.148 e. The minimum absolute atomic E-state index is 0.552. The molecule has 0 aliphatic heterocycles. The zero-order chi connectivity index (χ0) is 19.7. The van der Waals surface area contributed by atoms with Crippen LogP contribution in [0.1, 0.15) is 66.8 Å². The van der Waals surface area contributed by atoms with E-state index in [0.717, 1.165) is 18.7 Å². The molecule has 4 heteroatoms. The second-order valence-corrected chi connectivity index (χ2v) is 7.88. The molecule has 0 radical (unpaired) electrons. The number of tetrazole rings is 1. The lowest BCUT2D eigenvalue weighted by Gasteiger charge is -2.07. The van der Waals surface area contributed by atoms with E-state index >= 15 is 0 Å². The van der Waals surface area contributed by atoms with E-state index in [-0.39, 0.29) is 0 Å². The Labute approximate surface area is 166 Å². The lowest BCUT2D eigenvalue weighted by Crippen LogP contribution is -1.92. The molecular formula is C24H26N4. The Kier molecular flexibility index (Phi) is 4.95. The predicted molar refractivity (Wildman–Crippen MR) is 115 cm³/mol. The molecule has 1 aliphatic rings. The van der Waals surface area contributed by atoms with E-state index in [0.29, 0.717) is 5.92 Å². The van der Waals surface area contributed by atoms with E-state index in [2.05, 4.69) is 96.9 Å². The van der Waals surface area contributed by atoms with Crippen molar-refractivity contribution in [3.05, 3.63) is 81.7 Å². The van der Waals surface area contributed by atoms with Gasteiger partial charge in [-0.1, -0.05) is 61.9 Å². The number of H-pyrrole nitrogens is 1. The Morgan fingerprint density at radius 1 is 0.964 bits per heavy atom. The average Bonchev–Trinajstić information content (AvgIpc) is 3.28. The van der Waals surface area contributed by atoms with Crippen LogP contribution < -0.4 is 0 Å². The summed E-state index contributed by atoms with van der Waals surface area (Å²) in [5, 5.41) is 14.3. The molecule has 0 bridgehead atoms. The molecule has 0 saturated heterocycles. The minimum atomic E-state index is 0.552. The van der Waals surface area contributed by atoms with Gasteiger partial charge in [-0.2, -0.15) is 0 Å². The first-order valence-corrected chi connectivity index (χ1v) is 9.88. The number of nitrogens with one attached hydrogen (secondary N) is 1. The van der Waals surface area contributed by atoms with Gasteiger partial charge in [-0.15, -0.1) is 5.10 Å².